The molecular formula is C27H42N2. The molecule has 1 aromatic heterocycles. The van der Waals surface area contributed by atoms with Crippen LogP contribution in [0, 0.1) is 12.8 Å². The predicted molar refractivity (Wildman–Crippen MR) is 130 cm³/mol. The number of aromatic amines is 1. The Bertz CT molecular complexity index is 749. The zero-order valence-electron chi connectivity index (χ0n) is 19.8. The highest BCUT2D eigenvalue weighted by Crippen LogP contribution is 2.26. The van der Waals surface area contributed by atoms with Gasteiger partial charge in [-0.2, -0.15) is 0 Å². The van der Waals surface area contributed by atoms with Crippen molar-refractivity contribution >= 4 is 5.71 Å². The van der Waals surface area contributed by atoms with Crippen LogP contribution < -0.4 is 0 Å². The van der Waals surface area contributed by atoms with E-state index < -0.39 is 0 Å². The zero-order valence-corrected chi connectivity index (χ0v) is 19.8. The van der Waals surface area contributed by atoms with Gasteiger partial charge in [-0.15, -0.1) is 0 Å². The summed E-state index contributed by atoms with van der Waals surface area (Å²) in [6.45, 7) is 19.0. The summed E-state index contributed by atoms with van der Waals surface area (Å²) in [7, 11) is 0. The van der Waals surface area contributed by atoms with Crippen LogP contribution in [0.5, 0.6) is 0 Å². The average Bonchev–Trinajstić information content (AvgIpc) is 3.16. The van der Waals surface area contributed by atoms with Crippen molar-refractivity contribution in [1.29, 1.82) is 0 Å². The van der Waals surface area contributed by atoms with Crippen LogP contribution in [0.3, 0.4) is 0 Å². The Morgan fingerprint density at radius 3 is 2.41 bits per heavy atom. The Morgan fingerprint density at radius 1 is 1.14 bits per heavy atom. The fourth-order valence-corrected chi connectivity index (χ4v) is 3.68. The van der Waals surface area contributed by atoms with E-state index in [0.29, 0.717) is 5.92 Å². The van der Waals surface area contributed by atoms with Crippen LogP contribution in [-0.2, 0) is 0 Å². The summed E-state index contributed by atoms with van der Waals surface area (Å²) in [6.07, 6.45) is 8.87. The summed E-state index contributed by atoms with van der Waals surface area (Å²) in [5.41, 5.74) is 6.36. The van der Waals surface area contributed by atoms with Gasteiger partial charge in [-0.25, -0.2) is 0 Å². The van der Waals surface area contributed by atoms with E-state index in [4.69, 9.17) is 0 Å². The molecule has 160 valence electrons. The molecule has 0 radical (unpaired) electrons. The van der Waals surface area contributed by atoms with E-state index >= 15 is 0 Å². The van der Waals surface area contributed by atoms with E-state index in [-0.39, 0.29) is 0 Å². The molecule has 0 aliphatic carbocycles. The van der Waals surface area contributed by atoms with Crippen molar-refractivity contribution in [2.45, 2.75) is 86.0 Å². The van der Waals surface area contributed by atoms with Crippen molar-refractivity contribution in [3.05, 3.63) is 71.7 Å². The molecule has 1 heterocycles. The Balaban J connectivity index is 0.000000296. The van der Waals surface area contributed by atoms with Crippen molar-refractivity contribution in [3.63, 3.8) is 0 Å². The summed E-state index contributed by atoms with van der Waals surface area (Å²) in [4.78, 5) is 7.40. The van der Waals surface area contributed by atoms with Crippen LogP contribution in [0.4, 0.5) is 0 Å². The lowest BCUT2D eigenvalue weighted by Crippen LogP contribution is -1.99. The van der Waals surface area contributed by atoms with Crippen molar-refractivity contribution in [2.75, 3.05) is 0 Å². The van der Waals surface area contributed by atoms with Crippen molar-refractivity contribution in [1.82, 2.24) is 4.98 Å². The molecule has 0 saturated heterocycles. The van der Waals surface area contributed by atoms with Gasteiger partial charge in [-0.3, -0.25) is 4.99 Å². The van der Waals surface area contributed by atoms with Gasteiger partial charge in [-0.05, 0) is 56.1 Å². The summed E-state index contributed by atoms with van der Waals surface area (Å²) in [5.74, 6) is 2.11. The fraction of sp³-hybridized carbons (Fsp3) is 0.519. The Kier molecular flexibility index (Phi) is 11.3. The molecule has 0 amide bonds. The lowest BCUT2D eigenvalue weighted by atomic mass is 9.89. The number of hydrogen-bond acceptors (Lipinski definition) is 1. The van der Waals surface area contributed by atoms with E-state index in [2.05, 4.69) is 88.4 Å². The molecule has 1 aromatic carbocycles. The Morgan fingerprint density at radius 2 is 1.86 bits per heavy atom. The average molecular weight is 395 g/mol. The van der Waals surface area contributed by atoms with Gasteiger partial charge in [0.2, 0.25) is 0 Å². The third kappa shape index (κ3) is 8.85. The molecule has 0 fully saturated rings. The van der Waals surface area contributed by atoms with Crippen LogP contribution in [0.15, 0.2) is 54.3 Å². The maximum Gasteiger partial charge on any atom is 0.0462 e. The molecule has 2 nitrogen and oxygen atoms in total. The highest BCUT2D eigenvalue weighted by atomic mass is 14.7. The van der Waals surface area contributed by atoms with E-state index in [1.807, 2.05) is 13.1 Å². The first-order chi connectivity index (χ1) is 13.8. The lowest BCUT2D eigenvalue weighted by molar-refractivity contribution is 0.493. The summed E-state index contributed by atoms with van der Waals surface area (Å²) < 4.78 is 0. The SMILES string of the molecule is C=CN=C(C)c1cc[nH]c1C(C)C.CCC(CCCC(C)C)c1cccc(C)c1. The highest BCUT2D eigenvalue weighted by molar-refractivity contribution is 6.00. The first kappa shape index (κ1) is 24.9. The molecule has 2 heteroatoms. The van der Waals surface area contributed by atoms with Crippen LogP contribution >= 0.6 is 0 Å². The van der Waals surface area contributed by atoms with E-state index in [0.717, 1.165) is 17.5 Å². The monoisotopic (exact) mass is 394 g/mol. The van der Waals surface area contributed by atoms with Crippen LogP contribution in [0.1, 0.15) is 101 Å². The maximum atomic E-state index is 4.17. The van der Waals surface area contributed by atoms with E-state index in [1.165, 1.54) is 48.1 Å². The molecule has 1 atom stereocenters. The van der Waals surface area contributed by atoms with Crippen LogP contribution in [-0.4, -0.2) is 10.7 Å². The Hall–Kier alpha value is -2.09. The molecule has 29 heavy (non-hydrogen) atoms. The first-order valence-corrected chi connectivity index (χ1v) is 11.2. The van der Waals surface area contributed by atoms with Crippen molar-refractivity contribution in [2.24, 2.45) is 10.9 Å². The third-order valence-electron chi connectivity index (χ3n) is 5.37. The number of hydrogen-bond donors (Lipinski definition) is 1. The van der Waals surface area contributed by atoms with Gasteiger partial charge in [0.05, 0.1) is 0 Å². The number of aliphatic imine (C=N–C) groups is 1. The van der Waals surface area contributed by atoms with Crippen molar-refractivity contribution in [3.8, 4) is 0 Å². The van der Waals surface area contributed by atoms with Crippen molar-refractivity contribution < 1.29 is 0 Å². The fourth-order valence-electron chi connectivity index (χ4n) is 3.68. The minimum atomic E-state index is 0.500. The molecule has 0 aliphatic rings. The third-order valence-corrected chi connectivity index (χ3v) is 5.37. The molecule has 0 bridgehead atoms. The van der Waals surface area contributed by atoms with Gasteiger partial charge in [-0.1, -0.05) is 83.9 Å². The van der Waals surface area contributed by atoms with Crippen LogP contribution in [0.25, 0.3) is 0 Å². The van der Waals surface area contributed by atoms with Gasteiger partial charge in [0, 0.05) is 29.4 Å². The largest absolute Gasteiger partial charge is 0.364 e. The summed E-state index contributed by atoms with van der Waals surface area (Å²) >= 11 is 0. The Labute approximate surface area is 179 Å². The summed E-state index contributed by atoms with van der Waals surface area (Å²) in [6, 6.07) is 11.1. The predicted octanol–water partition coefficient (Wildman–Crippen LogP) is 8.41. The lowest BCUT2D eigenvalue weighted by Gasteiger charge is -2.16. The number of rotatable bonds is 9. The van der Waals surface area contributed by atoms with E-state index in [1.54, 1.807) is 6.20 Å². The smallest absolute Gasteiger partial charge is 0.0462 e. The normalized spacial score (nSPS) is 12.7. The topological polar surface area (TPSA) is 28.1 Å². The van der Waals surface area contributed by atoms with Gasteiger partial charge in [0.1, 0.15) is 0 Å². The second-order valence-corrected chi connectivity index (χ2v) is 8.70. The number of aryl methyl sites for hydroxylation is 1. The van der Waals surface area contributed by atoms with Gasteiger partial charge in [0.15, 0.2) is 0 Å². The van der Waals surface area contributed by atoms with Gasteiger partial charge >= 0.3 is 0 Å². The second kappa shape index (κ2) is 13.2. The van der Waals surface area contributed by atoms with Gasteiger partial charge in [0.25, 0.3) is 0 Å². The molecule has 1 N–H and O–H groups in total. The van der Waals surface area contributed by atoms with E-state index in [9.17, 15) is 0 Å². The summed E-state index contributed by atoms with van der Waals surface area (Å²) in [5, 5.41) is 0. The minimum absolute atomic E-state index is 0.500. The number of nitrogens with zero attached hydrogens (tertiary/aromatic N) is 1. The standard InChI is InChI=1S/C16H26.C11H16N2/c1-5-15(10-6-8-13(2)3)16-11-7-9-14(4)12-16;1-5-12-9(4)10-6-7-13-11(10)8(2)3/h7,9,11-13,15H,5-6,8,10H2,1-4H3;5-8,13H,1H2,2-4H3. The number of benzene rings is 1. The molecule has 2 aromatic rings. The second-order valence-electron chi connectivity index (χ2n) is 8.70. The number of H-pyrrole nitrogens is 1. The molecule has 1 unspecified atom stereocenters. The van der Waals surface area contributed by atoms with Gasteiger partial charge < -0.3 is 4.98 Å². The molecule has 0 spiro atoms. The molecular weight excluding hydrogens is 352 g/mol. The molecule has 2 rings (SSSR count). The zero-order chi connectivity index (χ0) is 21.8. The molecule has 0 aliphatic heterocycles. The first-order valence-electron chi connectivity index (χ1n) is 11.2. The quantitative estimate of drug-likeness (QED) is 0.413. The van der Waals surface area contributed by atoms with Crippen LogP contribution in [0.2, 0.25) is 0 Å². The number of nitrogens with one attached hydrogen (secondary N) is 1. The molecule has 0 saturated carbocycles. The number of aromatic nitrogens is 1. The minimum Gasteiger partial charge on any atom is -0.364 e. The maximum absolute atomic E-state index is 4.17. The highest BCUT2D eigenvalue weighted by Gasteiger charge is 2.10.